The lowest BCUT2D eigenvalue weighted by Crippen LogP contribution is -1.99. The Morgan fingerprint density at radius 2 is 1.88 bits per heavy atom. The van der Waals surface area contributed by atoms with Crippen molar-refractivity contribution in [3.63, 3.8) is 0 Å². The molecular formula is C13H15N3. The molecule has 0 aliphatic rings. The third kappa shape index (κ3) is 2.37. The second kappa shape index (κ2) is 4.75. The van der Waals surface area contributed by atoms with E-state index in [2.05, 4.69) is 47.6 Å². The SMILES string of the molecule is CC(C)c1ccccc1Nc1cccnn1. The number of nitrogens with zero attached hydrogens (tertiary/aromatic N) is 2. The van der Waals surface area contributed by atoms with Crippen molar-refractivity contribution in [1.82, 2.24) is 10.2 Å². The smallest absolute Gasteiger partial charge is 0.153 e. The normalized spacial score (nSPS) is 10.4. The fourth-order valence-corrected chi connectivity index (χ4v) is 1.62. The molecule has 1 aromatic heterocycles. The summed E-state index contributed by atoms with van der Waals surface area (Å²) >= 11 is 0. The van der Waals surface area contributed by atoms with E-state index in [0.717, 1.165) is 11.5 Å². The van der Waals surface area contributed by atoms with Crippen molar-refractivity contribution in [2.45, 2.75) is 19.8 Å². The number of benzene rings is 1. The summed E-state index contributed by atoms with van der Waals surface area (Å²) in [4.78, 5) is 0. The molecule has 0 atom stereocenters. The minimum Gasteiger partial charge on any atom is -0.339 e. The highest BCUT2D eigenvalue weighted by molar-refractivity contribution is 5.60. The Kier molecular flexibility index (Phi) is 3.15. The molecule has 1 aromatic carbocycles. The average molecular weight is 213 g/mol. The molecule has 0 aliphatic carbocycles. The zero-order valence-electron chi connectivity index (χ0n) is 9.51. The van der Waals surface area contributed by atoms with Gasteiger partial charge in [0.15, 0.2) is 5.82 Å². The number of hydrogen-bond donors (Lipinski definition) is 1. The molecule has 82 valence electrons. The highest BCUT2D eigenvalue weighted by Crippen LogP contribution is 2.25. The van der Waals surface area contributed by atoms with Crippen molar-refractivity contribution in [2.24, 2.45) is 0 Å². The van der Waals surface area contributed by atoms with E-state index in [1.807, 2.05) is 18.2 Å². The molecule has 2 aromatic rings. The van der Waals surface area contributed by atoms with Crippen LogP contribution in [0.15, 0.2) is 42.6 Å². The zero-order valence-corrected chi connectivity index (χ0v) is 9.51. The molecule has 0 aliphatic heterocycles. The first kappa shape index (κ1) is 10.6. The van der Waals surface area contributed by atoms with Gasteiger partial charge in [-0.1, -0.05) is 32.0 Å². The topological polar surface area (TPSA) is 37.8 Å². The predicted molar refractivity (Wildman–Crippen MR) is 65.8 cm³/mol. The molecule has 0 fully saturated rings. The average Bonchev–Trinajstić information content (AvgIpc) is 2.31. The number of aromatic nitrogens is 2. The van der Waals surface area contributed by atoms with Crippen LogP contribution < -0.4 is 5.32 Å². The van der Waals surface area contributed by atoms with Gasteiger partial charge in [0.05, 0.1) is 0 Å². The molecule has 0 unspecified atom stereocenters. The van der Waals surface area contributed by atoms with Crippen LogP contribution in [0.5, 0.6) is 0 Å². The van der Waals surface area contributed by atoms with E-state index >= 15 is 0 Å². The van der Waals surface area contributed by atoms with Gasteiger partial charge < -0.3 is 5.32 Å². The maximum absolute atomic E-state index is 4.01. The van der Waals surface area contributed by atoms with Crippen LogP contribution in [0, 0.1) is 0 Å². The van der Waals surface area contributed by atoms with Crippen molar-refractivity contribution in [1.29, 1.82) is 0 Å². The quantitative estimate of drug-likeness (QED) is 0.849. The third-order valence-electron chi connectivity index (χ3n) is 2.42. The van der Waals surface area contributed by atoms with Crippen molar-refractivity contribution in [2.75, 3.05) is 5.32 Å². The van der Waals surface area contributed by atoms with Crippen molar-refractivity contribution >= 4 is 11.5 Å². The molecule has 0 amide bonds. The first-order chi connectivity index (χ1) is 7.77. The lowest BCUT2D eigenvalue weighted by molar-refractivity contribution is 0.868. The van der Waals surface area contributed by atoms with Gasteiger partial charge in [-0.05, 0) is 29.7 Å². The Hall–Kier alpha value is -1.90. The van der Waals surface area contributed by atoms with E-state index in [1.54, 1.807) is 6.20 Å². The Morgan fingerprint density at radius 1 is 1.06 bits per heavy atom. The Labute approximate surface area is 95.5 Å². The number of nitrogens with one attached hydrogen (secondary N) is 1. The minimum absolute atomic E-state index is 0.486. The standard InChI is InChI=1S/C13H15N3/c1-10(2)11-6-3-4-7-12(11)15-13-8-5-9-14-16-13/h3-10H,1-2H3,(H,15,16). The first-order valence-corrected chi connectivity index (χ1v) is 5.41. The molecule has 1 N–H and O–H groups in total. The van der Waals surface area contributed by atoms with Gasteiger partial charge >= 0.3 is 0 Å². The van der Waals surface area contributed by atoms with Crippen LogP contribution in [0.1, 0.15) is 25.3 Å². The van der Waals surface area contributed by atoms with E-state index < -0.39 is 0 Å². The van der Waals surface area contributed by atoms with Gasteiger partial charge in [0.1, 0.15) is 0 Å². The van der Waals surface area contributed by atoms with Crippen LogP contribution in [-0.4, -0.2) is 10.2 Å². The highest BCUT2D eigenvalue weighted by atomic mass is 15.2. The van der Waals surface area contributed by atoms with Crippen LogP contribution in [0.4, 0.5) is 11.5 Å². The number of rotatable bonds is 3. The summed E-state index contributed by atoms with van der Waals surface area (Å²) in [5, 5.41) is 11.1. The first-order valence-electron chi connectivity index (χ1n) is 5.41. The summed E-state index contributed by atoms with van der Waals surface area (Å²) < 4.78 is 0. The molecule has 0 radical (unpaired) electrons. The summed E-state index contributed by atoms with van der Waals surface area (Å²) in [6.45, 7) is 4.36. The molecule has 2 rings (SSSR count). The van der Waals surface area contributed by atoms with Gasteiger partial charge in [-0.2, -0.15) is 5.10 Å². The van der Waals surface area contributed by atoms with Gasteiger partial charge in [-0.3, -0.25) is 0 Å². The Balaban J connectivity index is 2.28. The summed E-state index contributed by atoms with van der Waals surface area (Å²) in [5.74, 6) is 1.26. The van der Waals surface area contributed by atoms with E-state index in [0.29, 0.717) is 5.92 Å². The molecule has 0 saturated carbocycles. The molecule has 3 heteroatoms. The van der Waals surface area contributed by atoms with E-state index in [-0.39, 0.29) is 0 Å². The molecule has 1 heterocycles. The van der Waals surface area contributed by atoms with Gasteiger partial charge in [0.2, 0.25) is 0 Å². The second-order valence-corrected chi connectivity index (χ2v) is 3.98. The van der Waals surface area contributed by atoms with Crippen LogP contribution in [0.25, 0.3) is 0 Å². The maximum Gasteiger partial charge on any atom is 0.153 e. The summed E-state index contributed by atoms with van der Waals surface area (Å²) in [6, 6.07) is 12.0. The summed E-state index contributed by atoms with van der Waals surface area (Å²) in [5.41, 5.74) is 2.38. The van der Waals surface area contributed by atoms with Gasteiger partial charge in [-0.15, -0.1) is 5.10 Å². The van der Waals surface area contributed by atoms with Crippen molar-refractivity contribution < 1.29 is 0 Å². The van der Waals surface area contributed by atoms with Crippen LogP contribution >= 0.6 is 0 Å². The minimum atomic E-state index is 0.486. The molecule has 16 heavy (non-hydrogen) atoms. The summed E-state index contributed by atoms with van der Waals surface area (Å²) in [7, 11) is 0. The molecule has 3 nitrogen and oxygen atoms in total. The fraction of sp³-hybridized carbons (Fsp3) is 0.231. The van der Waals surface area contributed by atoms with Gasteiger partial charge in [-0.25, -0.2) is 0 Å². The van der Waals surface area contributed by atoms with Crippen LogP contribution in [0.3, 0.4) is 0 Å². The Bertz CT molecular complexity index is 452. The number of anilines is 2. The molecule has 0 spiro atoms. The third-order valence-corrected chi connectivity index (χ3v) is 2.42. The number of para-hydroxylation sites is 1. The van der Waals surface area contributed by atoms with Crippen LogP contribution in [0.2, 0.25) is 0 Å². The largest absolute Gasteiger partial charge is 0.339 e. The molecule has 0 saturated heterocycles. The lowest BCUT2D eigenvalue weighted by atomic mass is 10.0. The zero-order chi connectivity index (χ0) is 11.4. The number of hydrogen-bond acceptors (Lipinski definition) is 3. The van der Waals surface area contributed by atoms with Crippen molar-refractivity contribution in [3.8, 4) is 0 Å². The maximum atomic E-state index is 4.01. The summed E-state index contributed by atoms with van der Waals surface area (Å²) in [6.07, 6.45) is 1.67. The lowest BCUT2D eigenvalue weighted by Gasteiger charge is -2.13. The van der Waals surface area contributed by atoms with Gasteiger partial charge in [0, 0.05) is 11.9 Å². The highest BCUT2D eigenvalue weighted by Gasteiger charge is 2.05. The van der Waals surface area contributed by atoms with E-state index in [4.69, 9.17) is 0 Å². The fourth-order valence-electron chi connectivity index (χ4n) is 1.62. The predicted octanol–water partition coefficient (Wildman–Crippen LogP) is 3.34. The second-order valence-electron chi connectivity index (χ2n) is 3.98. The van der Waals surface area contributed by atoms with Gasteiger partial charge in [0.25, 0.3) is 0 Å². The molecule has 0 bridgehead atoms. The van der Waals surface area contributed by atoms with E-state index in [1.165, 1.54) is 5.56 Å². The van der Waals surface area contributed by atoms with Crippen LogP contribution in [-0.2, 0) is 0 Å². The molecular weight excluding hydrogens is 198 g/mol. The monoisotopic (exact) mass is 213 g/mol. The van der Waals surface area contributed by atoms with Crippen molar-refractivity contribution in [3.05, 3.63) is 48.2 Å². The van der Waals surface area contributed by atoms with E-state index in [9.17, 15) is 0 Å². The Morgan fingerprint density at radius 3 is 2.56 bits per heavy atom.